The van der Waals surface area contributed by atoms with Crippen molar-refractivity contribution >= 4 is 17.7 Å². The fourth-order valence-electron chi connectivity index (χ4n) is 6.47. The minimum atomic E-state index is -3.01. The van der Waals surface area contributed by atoms with Gasteiger partial charge in [-0.2, -0.15) is 0 Å². The number of carbonyl (C=O) groups is 3. The van der Waals surface area contributed by atoms with Crippen LogP contribution in [0.1, 0.15) is 62.7 Å². The van der Waals surface area contributed by atoms with E-state index in [9.17, 15) is 28.0 Å². The van der Waals surface area contributed by atoms with E-state index in [4.69, 9.17) is 13.6 Å². The number of halogens is 2. The van der Waals surface area contributed by atoms with Crippen LogP contribution in [-0.2, 0) is 20.9 Å². The molecule has 0 aliphatic carbocycles. The molecule has 5 atom stereocenters. The number of amides is 3. The molecule has 2 N–H and O–H groups in total. The maximum absolute atomic E-state index is 14.2. The molecular weight excluding hydrogens is 592 g/mol. The number of nitrogens with one attached hydrogen (secondary N) is 2. The normalized spacial score (nSPS) is 24.7. The van der Waals surface area contributed by atoms with Gasteiger partial charge in [0, 0.05) is 38.0 Å². The van der Waals surface area contributed by atoms with Crippen LogP contribution >= 0.6 is 0 Å². The van der Waals surface area contributed by atoms with Crippen molar-refractivity contribution in [2.45, 2.75) is 89.1 Å². The van der Waals surface area contributed by atoms with Gasteiger partial charge in [0.05, 0.1) is 31.8 Å². The van der Waals surface area contributed by atoms with Gasteiger partial charge in [-0.05, 0) is 46.2 Å². The van der Waals surface area contributed by atoms with Crippen LogP contribution in [0.25, 0.3) is 0 Å². The van der Waals surface area contributed by atoms with Gasteiger partial charge in [0.15, 0.2) is 5.76 Å². The Morgan fingerprint density at radius 1 is 1.09 bits per heavy atom. The number of hydrogen-bond donors (Lipinski definition) is 2. The minimum Gasteiger partial charge on any atom is -0.493 e. The summed E-state index contributed by atoms with van der Waals surface area (Å²) in [4.78, 5) is 57.5. The number of rotatable bonds is 9. The molecule has 246 valence electrons. The Labute approximate surface area is 260 Å². The van der Waals surface area contributed by atoms with Crippen molar-refractivity contribution in [2.24, 2.45) is 0 Å². The van der Waals surface area contributed by atoms with Crippen molar-refractivity contribution in [1.29, 1.82) is 0 Å². The summed E-state index contributed by atoms with van der Waals surface area (Å²) in [6.07, 6.45) is 1.98. The quantitative estimate of drug-likeness (QED) is 0.426. The maximum Gasteiger partial charge on any atom is 0.519 e. The van der Waals surface area contributed by atoms with E-state index in [2.05, 4.69) is 10.6 Å². The van der Waals surface area contributed by atoms with Crippen LogP contribution in [0.2, 0.25) is 0 Å². The number of ether oxygens (including phenoxy) is 1. The lowest BCUT2D eigenvalue weighted by Gasteiger charge is -2.40. The molecule has 0 radical (unpaired) electrons. The van der Waals surface area contributed by atoms with Crippen molar-refractivity contribution in [1.82, 2.24) is 25.3 Å². The Morgan fingerprint density at radius 3 is 2.56 bits per heavy atom. The van der Waals surface area contributed by atoms with Gasteiger partial charge in [-0.15, -0.1) is 0 Å². The highest BCUT2D eigenvalue weighted by molar-refractivity contribution is 5.94. The zero-order valence-electron chi connectivity index (χ0n) is 26.0. The summed E-state index contributed by atoms with van der Waals surface area (Å²) in [7, 11) is 1.64. The Balaban J connectivity index is 1.33. The van der Waals surface area contributed by atoms with E-state index in [1.165, 1.54) is 4.90 Å². The van der Waals surface area contributed by atoms with Crippen LogP contribution in [0.4, 0.5) is 8.78 Å². The molecule has 3 amide bonds. The number of aryl methyl sites for hydroxylation is 1. The first-order valence-electron chi connectivity index (χ1n) is 15.3. The predicted octanol–water partition coefficient (Wildman–Crippen LogP) is 2.21. The Kier molecular flexibility index (Phi) is 9.63. The molecule has 3 aliphatic rings. The van der Waals surface area contributed by atoms with Gasteiger partial charge >= 0.3 is 5.82 Å². The molecule has 1 aromatic carbocycles. The number of carbonyl (C=O) groups excluding carboxylic acids is 3. The summed E-state index contributed by atoms with van der Waals surface area (Å²) in [5.74, 6) is -3.87. The third-order valence-corrected chi connectivity index (χ3v) is 8.94. The second kappa shape index (κ2) is 13.3. The summed E-state index contributed by atoms with van der Waals surface area (Å²) in [6, 6.07) is 4.18. The largest absolute Gasteiger partial charge is 0.519 e. The zero-order valence-corrected chi connectivity index (χ0v) is 26.0. The fourth-order valence-corrected chi connectivity index (χ4v) is 6.47. The third kappa shape index (κ3) is 7.55. The summed E-state index contributed by atoms with van der Waals surface area (Å²) < 4.78 is 43.9. The van der Waals surface area contributed by atoms with E-state index in [0.29, 0.717) is 43.8 Å². The molecule has 5 rings (SSSR count). The van der Waals surface area contributed by atoms with Gasteiger partial charge in [0.2, 0.25) is 17.7 Å². The van der Waals surface area contributed by atoms with E-state index in [-0.39, 0.29) is 43.4 Å². The van der Waals surface area contributed by atoms with Gasteiger partial charge in [-0.25, -0.2) is 13.6 Å². The molecule has 3 aliphatic heterocycles. The Bertz CT molecular complexity index is 1460. The summed E-state index contributed by atoms with van der Waals surface area (Å²) in [5, 5.41) is 5.89. The van der Waals surface area contributed by atoms with Gasteiger partial charge in [-0.3, -0.25) is 24.2 Å². The second-order valence-corrected chi connectivity index (χ2v) is 12.4. The van der Waals surface area contributed by atoms with Crippen LogP contribution < -0.4 is 21.2 Å². The molecule has 0 saturated carbocycles. The molecule has 2 fully saturated rings. The first kappa shape index (κ1) is 32.6. The highest BCUT2D eigenvalue weighted by Crippen LogP contribution is 2.34. The van der Waals surface area contributed by atoms with Crippen molar-refractivity contribution in [3.05, 3.63) is 52.0 Å². The van der Waals surface area contributed by atoms with E-state index >= 15 is 0 Å². The molecular formula is C31H41F2N5O7. The monoisotopic (exact) mass is 633 g/mol. The van der Waals surface area contributed by atoms with E-state index in [1.807, 2.05) is 24.3 Å². The summed E-state index contributed by atoms with van der Waals surface area (Å²) in [6.45, 7) is 4.13. The third-order valence-electron chi connectivity index (χ3n) is 8.94. The van der Waals surface area contributed by atoms with Crippen molar-refractivity contribution in [3.63, 3.8) is 0 Å². The average Bonchev–Trinajstić information content (AvgIpc) is 3.54. The van der Waals surface area contributed by atoms with Crippen LogP contribution in [0.5, 0.6) is 5.75 Å². The Hall–Kier alpha value is -3.78. The van der Waals surface area contributed by atoms with Crippen molar-refractivity contribution in [3.8, 4) is 5.75 Å². The molecule has 14 heteroatoms. The highest BCUT2D eigenvalue weighted by Gasteiger charge is 2.46. The molecule has 0 spiro atoms. The average molecular weight is 634 g/mol. The van der Waals surface area contributed by atoms with Crippen LogP contribution in [-0.4, -0.2) is 95.8 Å². The lowest BCUT2D eigenvalue weighted by atomic mass is 10.00. The number of fused-ring (bicyclic) bond motifs is 2. The van der Waals surface area contributed by atoms with Crippen LogP contribution in [0.15, 0.2) is 37.9 Å². The SMILES string of the molecule is Cc1oc(=O)oc1CN(C)[C@@H](C)C(=O)N[C@H]1CN(CC(C)(F)F)CC[C@H]2CC[C@@H](C(=O)N[C@@H]3CCOc4ccccc43)N2C1=O. The molecule has 2 saturated heterocycles. The van der Waals surface area contributed by atoms with E-state index in [1.54, 1.807) is 30.7 Å². The van der Waals surface area contributed by atoms with Crippen molar-refractivity contribution < 1.29 is 36.7 Å². The lowest BCUT2D eigenvalue weighted by molar-refractivity contribution is -0.146. The fraction of sp³-hybridized carbons (Fsp3) is 0.613. The van der Waals surface area contributed by atoms with Crippen LogP contribution in [0.3, 0.4) is 0 Å². The molecule has 2 aromatic rings. The maximum atomic E-state index is 14.2. The predicted molar refractivity (Wildman–Crippen MR) is 158 cm³/mol. The van der Waals surface area contributed by atoms with E-state index in [0.717, 1.165) is 12.5 Å². The van der Waals surface area contributed by atoms with E-state index < -0.39 is 48.2 Å². The zero-order chi connectivity index (χ0) is 32.5. The molecule has 4 heterocycles. The molecule has 45 heavy (non-hydrogen) atoms. The Morgan fingerprint density at radius 2 is 1.84 bits per heavy atom. The van der Waals surface area contributed by atoms with Gasteiger partial charge in [0.25, 0.3) is 5.92 Å². The standard InChI is InChI=1S/C31H41F2N5O7/c1-18(36(4)16-26-19(2)44-30(42)45-26)27(39)35-23-15-37(17-31(3,32)33)13-11-20-9-10-24(38(20)29(23)41)28(40)34-22-12-14-43-25-8-6-5-7-21(22)25/h5-8,18,20,22-24H,9-17H2,1-4H3,(H,34,40)(H,35,39)/t18-,20+,22+,23-,24-/m0/s1. The molecule has 0 bridgehead atoms. The van der Waals surface area contributed by atoms with Gasteiger partial charge in [-0.1, -0.05) is 18.2 Å². The topological polar surface area (TPSA) is 138 Å². The van der Waals surface area contributed by atoms with Crippen molar-refractivity contribution in [2.75, 3.05) is 33.3 Å². The van der Waals surface area contributed by atoms with Gasteiger partial charge in [0.1, 0.15) is 23.6 Å². The number of hydrogen-bond acceptors (Lipinski definition) is 9. The summed E-state index contributed by atoms with van der Waals surface area (Å²) >= 11 is 0. The second-order valence-electron chi connectivity index (χ2n) is 12.4. The highest BCUT2D eigenvalue weighted by atomic mass is 19.3. The minimum absolute atomic E-state index is 0.0880. The number of para-hydroxylation sites is 1. The first-order chi connectivity index (χ1) is 21.3. The lowest BCUT2D eigenvalue weighted by Crippen LogP contribution is -2.62. The van der Waals surface area contributed by atoms with Crippen LogP contribution in [0, 0.1) is 6.92 Å². The smallest absolute Gasteiger partial charge is 0.493 e. The first-order valence-corrected chi connectivity index (χ1v) is 15.3. The number of alkyl halides is 2. The molecule has 12 nitrogen and oxygen atoms in total. The van der Waals surface area contributed by atoms with Gasteiger partial charge < -0.3 is 29.1 Å². The molecule has 0 unspecified atom stereocenters. The number of likely N-dealkylation sites (N-methyl/N-ethyl adjacent to an activating group) is 1. The molecule has 1 aromatic heterocycles. The number of benzene rings is 1. The number of nitrogens with zero attached hydrogens (tertiary/aromatic N) is 3. The summed E-state index contributed by atoms with van der Waals surface area (Å²) in [5.41, 5.74) is 0.870.